The van der Waals surface area contributed by atoms with E-state index in [2.05, 4.69) is 15.3 Å². The van der Waals surface area contributed by atoms with Gasteiger partial charge in [-0.2, -0.15) is 9.61 Å². The first kappa shape index (κ1) is 17.6. The van der Waals surface area contributed by atoms with Gasteiger partial charge in [0.2, 0.25) is 0 Å². The fourth-order valence-electron chi connectivity index (χ4n) is 4.02. The molecule has 0 unspecified atom stereocenters. The second-order valence-corrected chi connectivity index (χ2v) is 7.31. The molecule has 0 aromatic carbocycles. The molecule has 0 atom stereocenters. The van der Waals surface area contributed by atoms with Gasteiger partial charge in [-0.3, -0.25) is 4.79 Å². The number of aromatic nitrogens is 6. The number of carboxylic acids is 1. The summed E-state index contributed by atoms with van der Waals surface area (Å²) in [4.78, 5) is 10.9. The van der Waals surface area contributed by atoms with E-state index >= 15 is 0 Å². The smallest absolute Gasteiger partial charge is 0.303 e. The van der Waals surface area contributed by atoms with Crippen molar-refractivity contribution in [3.63, 3.8) is 0 Å². The molecule has 1 saturated carbocycles. The third-order valence-corrected chi connectivity index (χ3v) is 5.49. The van der Waals surface area contributed by atoms with Gasteiger partial charge in [-0.15, -0.1) is 15.3 Å². The van der Waals surface area contributed by atoms with Crippen LogP contribution in [0.4, 0.5) is 0 Å². The molecule has 0 spiro atoms. The minimum absolute atomic E-state index is 0.0944. The Morgan fingerprint density at radius 2 is 1.93 bits per heavy atom. The molecular weight excluding hydrogens is 344 g/mol. The zero-order valence-corrected chi connectivity index (χ0v) is 15.7. The van der Waals surface area contributed by atoms with Crippen LogP contribution < -0.4 is 0 Å². The van der Waals surface area contributed by atoms with Gasteiger partial charge in [-0.25, -0.2) is 4.68 Å². The van der Waals surface area contributed by atoms with E-state index in [0.29, 0.717) is 18.2 Å². The molecule has 0 radical (unpaired) electrons. The van der Waals surface area contributed by atoms with Crippen LogP contribution in [0.25, 0.3) is 11.5 Å². The Kier molecular flexibility index (Phi) is 4.63. The highest BCUT2D eigenvalue weighted by Crippen LogP contribution is 2.31. The maximum absolute atomic E-state index is 10.9. The zero-order chi connectivity index (χ0) is 19.0. The molecule has 8 heteroatoms. The van der Waals surface area contributed by atoms with Gasteiger partial charge in [0.25, 0.3) is 0 Å². The van der Waals surface area contributed by atoms with Gasteiger partial charge in [-0.05, 0) is 50.8 Å². The summed E-state index contributed by atoms with van der Waals surface area (Å²) in [5.41, 5.74) is 3.47. The first-order valence-electron chi connectivity index (χ1n) is 9.54. The van der Waals surface area contributed by atoms with Crippen LogP contribution >= 0.6 is 0 Å². The lowest BCUT2D eigenvalue weighted by atomic mass is 9.89. The third-order valence-electron chi connectivity index (χ3n) is 5.49. The standard InChI is InChI=1S/C19H24N6O2/c1-12-15(8-11-18(26)27)13(2)24(22-12)17-10-9-16-20-21-19(25(16)23-17)14-6-4-3-5-7-14/h9-10,14H,3-8,11H2,1-2H3,(H,26,27). The molecule has 3 aromatic rings. The molecule has 3 heterocycles. The van der Waals surface area contributed by atoms with Crippen molar-refractivity contribution in [2.24, 2.45) is 0 Å². The maximum atomic E-state index is 10.9. The van der Waals surface area contributed by atoms with Gasteiger partial charge >= 0.3 is 5.97 Å². The molecule has 1 aliphatic rings. The molecule has 0 bridgehead atoms. The van der Waals surface area contributed by atoms with Gasteiger partial charge in [0, 0.05) is 18.0 Å². The van der Waals surface area contributed by atoms with Crippen molar-refractivity contribution in [3.8, 4) is 5.82 Å². The van der Waals surface area contributed by atoms with Gasteiger partial charge in [0.15, 0.2) is 17.3 Å². The fourth-order valence-corrected chi connectivity index (χ4v) is 4.02. The molecule has 0 saturated heterocycles. The number of aliphatic carboxylic acids is 1. The SMILES string of the molecule is Cc1nn(-c2ccc3nnc(C4CCCCC4)n3n2)c(C)c1CCC(=O)O. The molecule has 1 N–H and O–H groups in total. The number of hydrogen-bond donors (Lipinski definition) is 1. The predicted octanol–water partition coefficient (Wildman–Crippen LogP) is 2.99. The summed E-state index contributed by atoms with van der Waals surface area (Å²) < 4.78 is 3.63. The molecule has 1 aliphatic carbocycles. The molecule has 27 heavy (non-hydrogen) atoms. The van der Waals surface area contributed by atoms with Gasteiger partial charge < -0.3 is 5.11 Å². The van der Waals surface area contributed by atoms with Crippen LogP contribution in [0.3, 0.4) is 0 Å². The van der Waals surface area contributed by atoms with Crippen molar-refractivity contribution in [2.75, 3.05) is 0 Å². The van der Waals surface area contributed by atoms with Crippen LogP contribution in [0.1, 0.15) is 67.2 Å². The van der Waals surface area contributed by atoms with Crippen molar-refractivity contribution >= 4 is 11.6 Å². The summed E-state index contributed by atoms with van der Waals surface area (Å²) in [6.07, 6.45) is 6.56. The number of fused-ring (bicyclic) bond motifs is 1. The summed E-state index contributed by atoms with van der Waals surface area (Å²) in [5.74, 6) is 1.23. The lowest BCUT2D eigenvalue weighted by molar-refractivity contribution is -0.136. The summed E-state index contributed by atoms with van der Waals surface area (Å²) in [7, 11) is 0. The molecule has 8 nitrogen and oxygen atoms in total. The van der Waals surface area contributed by atoms with Crippen LogP contribution in [0.5, 0.6) is 0 Å². The maximum Gasteiger partial charge on any atom is 0.303 e. The summed E-state index contributed by atoms with van der Waals surface area (Å²) in [6, 6.07) is 3.80. The van der Waals surface area contributed by atoms with E-state index in [-0.39, 0.29) is 6.42 Å². The Morgan fingerprint density at radius 1 is 1.15 bits per heavy atom. The van der Waals surface area contributed by atoms with E-state index < -0.39 is 5.97 Å². The molecule has 142 valence electrons. The van der Waals surface area contributed by atoms with Crippen LogP contribution in [0.2, 0.25) is 0 Å². The van der Waals surface area contributed by atoms with Crippen molar-refractivity contribution in [1.29, 1.82) is 0 Å². The van der Waals surface area contributed by atoms with Crippen molar-refractivity contribution in [1.82, 2.24) is 29.6 Å². The second kappa shape index (κ2) is 7.09. The lowest BCUT2D eigenvalue weighted by Crippen LogP contribution is -2.12. The molecule has 4 rings (SSSR count). The van der Waals surface area contributed by atoms with Crippen LogP contribution in [0, 0.1) is 13.8 Å². The Morgan fingerprint density at radius 3 is 2.67 bits per heavy atom. The van der Waals surface area contributed by atoms with E-state index in [1.807, 2.05) is 30.5 Å². The Balaban J connectivity index is 1.72. The van der Waals surface area contributed by atoms with Crippen LogP contribution in [0.15, 0.2) is 12.1 Å². The molecule has 0 aliphatic heterocycles. The van der Waals surface area contributed by atoms with E-state index in [1.54, 1.807) is 4.68 Å². The van der Waals surface area contributed by atoms with E-state index in [4.69, 9.17) is 10.2 Å². The predicted molar refractivity (Wildman–Crippen MR) is 99.2 cm³/mol. The molecular formula is C19H24N6O2. The van der Waals surface area contributed by atoms with Gasteiger partial charge in [0.1, 0.15) is 0 Å². The zero-order valence-electron chi connectivity index (χ0n) is 15.7. The first-order valence-corrected chi connectivity index (χ1v) is 9.54. The normalized spacial score (nSPS) is 15.5. The summed E-state index contributed by atoms with van der Waals surface area (Å²) in [5, 5.41) is 27.0. The number of carbonyl (C=O) groups is 1. The fraction of sp³-hybridized carbons (Fsp3) is 0.526. The molecule has 3 aromatic heterocycles. The lowest BCUT2D eigenvalue weighted by Gasteiger charge is -2.19. The Hall–Kier alpha value is -2.77. The minimum atomic E-state index is -0.803. The van der Waals surface area contributed by atoms with Gasteiger partial charge in [0.05, 0.1) is 5.69 Å². The average Bonchev–Trinajstić information content (AvgIpc) is 3.21. The monoisotopic (exact) mass is 368 g/mol. The van der Waals surface area contributed by atoms with Crippen LogP contribution in [-0.4, -0.2) is 40.7 Å². The summed E-state index contributed by atoms with van der Waals surface area (Å²) in [6.45, 7) is 3.86. The van der Waals surface area contributed by atoms with Crippen LogP contribution in [-0.2, 0) is 11.2 Å². The highest BCUT2D eigenvalue weighted by Gasteiger charge is 2.22. The second-order valence-electron chi connectivity index (χ2n) is 7.31. The molecule has 0 amide bonds. The molecule has 1 fully saturated rings. The van der Waals surface area contributed by atoms with E-state index in [0.717, 1.165) is 41.3 Å². The van der Waals surface area contributed by atoms with Crippen molar-refractivity contribution in [3.05, 3.63) is 34.9 Å². The first-order chi connectivity index (χ1) is 13.0. The topological polar surface area (TPSA) is 98.2 Å². The highest BCUT2D eigenvalue weighted by atomic mass is 16.4. The van der Waals surface area contributed by atoms with Crippen molar-refractivity contribution in [2.45, 2.75) is 64.7 Å². The number of rotatable bonds is 5. The van der Waals surface area contributed by atoms with Crippen molar-refractivity contribution < 1.29 is 9.90 Å². The number of nitrogens with zero attached hydrogens (tertiary/aromatic N) is 6. The quantitative estimate of drug-likeness (QED) is 0.743. The number of hydrogen-bond acceptors (Lipinski definition) is 5. The average molecular weight is 368 g/mol. The number of carboxylic acid groups (broad SMARTS) is 1. The third kappa shape index (κ3) is 3.31. The summed E-state index contributed by atoms with van der Waals surface area (Å²) >= 11 is 0. The van der Waals surface area contributed by atoms with Gasteiger partial charge in [-0.1, -0.05) is 19.3 Å². The Bertz CT molecular complexity index is 984. The largest absolute Gasteiger partial charge is 0.481 e. The van der Waals surface area contributed by atoms with E-state index in [9.17, 15) is 4.79 Å². The highest BCUT2D eigenvalue weighted by molar-refractivity contribution is 5.67. The minimum Gasteiger partial charge on any atom is -0.481 e. The number of aryl methyl sites for hydroxylation is 1. The Labute approximate surface area is 157 Å². The van der Waals surface area contributed by atoms with E-state index in [1.165, 1.54) is 19.3 Å².